The molecule has 3 N–H and O–H groups in total. The van der Waals surface area contributed by atoms with Gasteiger partial charge in [-0.15, -0.1) is 0 Å². The molecule has 7 heteroatoms. The van der Waals surface area contributed by atoms with Gasteiger partial charge >= 0.3 is 6.18 Å². The predicted octanol–water partition coefficient (Wildman–Crippen LogP) is 3.53. The number of fused-ring (bicyclic) bond motifs is 1. The Morgan fingerprint density at radius 2 is 1.90 bits per heavy atom. The normalized spacial score (nSPS) is 12.0. The predicted molar refractivity (Wildman–Crippen MR) is 73.5 cm³/mol. The summed E-state index contributed by atoms with van der Waals surface area (Å²) in [6.07, 6.45) is -2.97. The van der Waals surface area contributed by atoms with Gasteiger partial charge in [-0.25, -0.2) is 4.98 Å². The summed E-state index contributed by atoms with van der Waals surface area (Å²) in [6, 6.07) is 5.47. The maximum Gasteiger partial charge on any atom is 0.416 e. The van der Waals surface area contributed by atoms with Crippen molar-refractivity contribution < 1.29 is 13.2 Å². The summed E-state index contributed by atoms with van der Waals surface area (Å²) in [4.78, 5) is 4.10. The molecular weight excluding hydrogens is 281 g/mol. The first kappa shape index (κ1) is 13.4. The number of aromatic amines is 1. The van der Waals surface area contributed by atoms with E-state index in [2.05, 4.69) is 15.2 Å². The Morgan fingerprint density at radius 3 is 2.57 bits per heavy atom. The molecule has 0 bridgehead atoms. The highest BCUT2D eigenvalue weighted by molar-refractivity contribution is 5.97. The van der Waals surface area contributed by atoms with Crippen molar-refractivity contribution in [3.8, 4) is 11.1 Å². The van der Waals surface area contributed by atoms with Crippen LogP contribution >= 0.6 is 0 Å². The Morgan fingerprint density at radius 1 is 1.14 bits per heavy atom. The Kier molecular flexibility index (Phi) is 2.86. The number of pyridine rings is 1. The molecule has 2 heterocycles. The minimum Gasteiger partial charge on any atom is -0.383 e. The molecule has 0 aliphatic carbocycles. The molecule has 3 rings (SSSR count). The fourth-order valence-electron chi connectivity index (χ4n) is 2.24. The van der Waals surface area contributed by atoms with E-state index in [0.717, 1.165) is 12.1 Å². The van der Waals surface area contributed by atoms with Crippen molar-refractivity contribution >= 4 is 16.7 Å². The molecule has 0 fully saturated rings. The van der Waals surface area contributed by atoms with E-state index in [1.54, 1.807) is 19.1 Å². The lowest BCUT2D eigenvalue weighted by Crippen LogP contribution is -2.05. The minimum atomic E-state index is -4.44. The topological polar surface area (TPSA) is 67.6 Å². The standard InChI is InChI=1S/C14H11F3N4/c1-7-2-3-9(13(18)20-7)10-4-8(14(15,16)17)5-12-11(10)6-19-21-12/h2-6H,1H3,(H2,18,20)(H,19,21). The largest absolute Gasteiger partial charge is 0.416 e. The average Bonchev–Trinajstić information content (AvgIpc) is 2.85. The highest BCUT2D eigenvalue weighted by Crippen LogP contribution is 2.37. The van der Waals surface area contributed by atoms with Crippen LogP contribution in [0.25, 0.3) is 22.0 Å². The van der Waals surface area contributed by atoms with Crippen molar-refractivity contribution in [3.63, 3.8) is 0 Å². The number of aryl methyl sites for hydroxylation is 1. The van der Waals surface area contributed by atoms with Gasteiger partial charge in [-0.05, 0) is 36.8 Å². The van der Waals surface area contributed by atoms with Crippen molar-refractivity contribution in [3.05, 3.63) is 41.7 Å². The van der Waals surface area contributed by atoms with Gasteiger partial charge < -0.3 is 5.73 Å². The van der Waals surface area contributed by atoms with E-state index in [1.165, 1.54) is 6.20 Å². The van der Waals surface area contributed by atoms with Crippen LogP contribution in [-0.4, -0.2) is 15.2 Å². The summed E-state index contributed by atoms with van der Waals surface area (Å²) >= 11 is 0. The van der Waals surface area contributed by atoms with Gasteiger partial charge in [0.2, 0.25) is 0 Å². The second kappa shape index (κ2) is 4.47. The number of halogens is 3. The van der Waals surface area contributed by atoms with Crippen LogP contribution in [-0.2, 0) is 6.18 Å². The third-order valence-corrected chi connectivity index (χ3v) is 3.24. The third kappa shape index (κ3) is 2.31. The van der Waals surface area contributed by atoms with Gasteiger partial charge in [0.1, 0.15) is 5.82 Å². The van der Waals surface area contributed by atoms with E-state index in [0.29, 0.717) is 27.7 Å². The van der Waals surface area contributed by atoms with E-state index in [9.17, 15) is 13.2 Å². The highest BCUT2D eigenvalue weighted by atomic mass is 19.4. The summed E-state index contributed by atoms with van der Waals surface area (Å²) in [5.74, 6) is 0.192. The maximum absolute atomic E-state index is 13.0. The number of nitrogen functional groups attached to an aromatic ring is 1. The number of nitrogens with zero attached hydrogens (tertiary/aromatic N) is 2. The number of anilines is 1. The van der Waals surface area contributed by atoms with E-state index >= 15 is 0 Å². The molecule has 0 aliphatic heterocycles. The quantitative estimate of drug-likeness (QED) is 0.721. The molecule has 0 radical (unpaired) electrons. The summed E-state index contributed by atoms with van der Waals surface area (Å²) in [6.45, 7) is 1.76. The molecule has 0 saturated carbocycles. The third-order valence-electron chi connectivity index (χ3n) is 3.24. The van der Waals surface area contributed by atoms with Crippen LogP contribution in [0.5, 0.6) is 0 Å². The number of hydrogen-bond acceptors (Lipinski definition) is 3. The second-order valence-electron chi connectivity index (χ2n) is 4.74. The van der Waals surface area contributed by atoms with E-state index < -0.39 is 11.7 Å². The number of aromatic nitrogens is 3. The first-order valence-corrected chi connectivity index (χ1v) is 6.14. The van der Waals surface area contributed by atoms with Crippen molar-refractivity contribution in [2.75, 3.05) is 5.73 Å². The first-order chi connectivity index (χ1) is 9.86. The Bertz CT molecular complexity index is 821. The first-order valence-electron chi connectivity index (χ1n) is 6.14. The molecule has 1 aromatic carbocycles. The summed E-state index contributed by atoms with van der Waals surface area (Å²) in [5, 5.41) is 6.94. The summed E-state index contributed by atoms with van der Waals surface area (Å²) < 4.78 is 39.0. The molecule has 2 aromatic heterocycles. The molecule has 108 valence electrons. The van der Waals surface area contributed by atoms with E-state index in [-0.39, 0.29) is 5.82 Å². The Labute approximate surface area is 117 Å². The number of nitrogens with one attached hydrogen (secondary N) is 1. The number of rotatable bonds is 1. The van der Waals surface area contributed by atoms with Gasteiger partial charge in [-0.3, -0.25) is 5.10 Å². The molecule has 3 aromatic rings. The van der Waals surface area contributed by atoms with Gasteiger partial charge in [-0.1, -0.05) is 0 Å². The SMILES string of the molecule is Cc1ccc(-c2cc(C(F)(F)F)cc3[nH]ncc23)c(N)n1. The molecule has 0 saturated heterocycles. The number of hydrogen-bond donors (Lipinski definition) is 2. The molecule has 4 nitrogen and oxygen atoms in total. The van der Waals surface area contributed by atoms with Gasteiger partial charge in [0.05, 0.1) is 17.3 Å². The maximum atomic E-state index is 13.0. The van der Waals surface area contributed by atoms with Crippen molar-refractivity contribution in [1.82, 2.24) is 15.2 Å². The Hall–Kier alpha value is -2.57. The smallest absolute Gasteiger partial charge is 0.383 e. The lowest BCUT2D eigenvalue weighted by atomic mass is 9.99. The second-order valence-corrected chi connectivity index (χ2v) is 4.74. The van der Waals surface area contributed by atoms with E-state index in [1.807, 2.05) is 0 Å². The fourth-order valence-corrected chi connectivity index (χ4v) is 2.24. The summed E-state index contributed by atoms with van der Waals surface area (Å²) in [7, 11) is 0. The van der Waals surface area contributed by atoms with Crippen LogP contribution in [0, 0.1) is 6.92 Å². The van der Waals surface area contributed by atoms with Gasteiger partial charge in [0.25, 0.3) is 0 Å². The minimum absolute atomic E-state index is 0.192. The molecular formula is C14H11F3N4. The molecule has 0 atom stereocenters. The number of H-pyrrole nitrogens is 1. The van der Waals surface area contributed by atoms with Crippen LogP contribution in [0.4, 0.5) is 19.0 Å². The molecule has 0 spiro atoms. The Balaban J connectivity index is 2.32. The average molecular weight is 292 g/mol. The number of alkyl halides is 3. The molecule has 0 amide bonds. The van der Waals surface area contributed by atoms with Crippen LogP contribution < -0.4 is 5.73 Å². The van der Waals surface area contributed by atoms with E-state index in [4.69, 9.17) is 5.73 Å². The van der Waals surface area contributed by atoms with Gasteiger partial charge in [0.15, 0.2) is 0 Å². The molecule has 0 unspecified atom stereocenters. The lowest BCUT2D eigenvalue weighted by molar-refractivity contribution is -0.137. The summed E-state index contributed by atoms with van der Waals surface area (Å²) in [5.41, 5.74) is 6.92. The monoisotopic (exact) mass is 292 g/mol. The number of nitrogens with two attached hydrogens (primary N) is 1. The fraction of sp³-hybridized carbons (Fsp3) is 0.143. The van der Waals surface area contributed by atoms with Crippen molar-refractivity contribution in [2.45, 2.75) is 13.1 Å². The van der Waals surface area contributed by atoms with Crippen LogP contribution in [0.3, 0.4) is 0 Å². The van der Waals surface area contributed by atoms with Crippen molar-refractivity contribution in [2.24, 2.45) is 0 Å². The van der Waals surface area contributed by atoms with Crippen LogP contribution in [0.1, 0.15) is 11.3 Å². The van der Waals surface area contributed by atoms with Gasteiger partial charge in [-0.2, -0.15) is 18.3 Å². The van der Waals surface area contributed by atoms with Crippen LogP contribution in [0.2, 0.25) is 0 Å². The van der Waals surface area contributed by atoms with Crippen molar-refractivity contribution in [1.29, 1.82) is 0 Å². The zero-order valence-corrected chi connectivity index (χ0v) is 11.0. The lowest BCUT2D eigenvalue weighted by Gasteiger charge is -2.12. The van der Waals surface area contributed by atoms with Gasteiger partial charge in [0, 0.05) is 16.6 Å². The molecule has 21 heavy (non-hydrogen) atoms. The number of benzene rings is 1. The molecule has 0 aliphatic rings. The van der Waals surface area contributed by atoms with Crippen LogP contribution in [0.15, 0.2) is 30.5 Å². The zero-order chi connectivity index (χ0) is 15.2. The zero-order valence-electron chi connectivity index (χ0n) is 11.0. The highest BCUT2D eigenvalue weighted by Gasteiger charge is 2.32.